The molecule has 1 fully saturated rings. The standard InChI is InChI=1S/C13H18N2O/c1-2-10-5-3-4-6-11(10)9-15-12(16)13(14)7-8-13/h3-6H,2,7-9,14H2,1H3,(H,15,16). The van der Waals surface area contributed by atoms with Crippen LogP contribution >= 0.6 is 0 Å². The molecule has 0 aromatic heterocycles. The lowest BCUT2D eigenvalue weighted by molar-refractivity contribution is -0.123. The summed E-state index contributed by atoms with van der Waals surface area (Å²) in [6.07, 6.45) is 2.61. The lowest BCUT2D eigenvalue weighted by Gasteiger charge is -2.12. The van der Waals surface area contributed by atoms with E-state index in [0.717, 1.165) is 19.3 Å². The van der Waals surface area contributed by atoms with Crippen LogP contribution in [0.25, 0.3) is 0 Å². The second-order valence-electron chi connectivity index (χ2n) is 4.46. The topological polar surface area (TPSA) is 55.1 Å². The first-order valence-corrected chi connectivity index (χ1v) is 5.80. The van der Waals surface area contributed by atoms with Gasteiger partial charge in [-0.1, -0.05) is 31.2 Å². The van der Waals surface area contributed by atoms with E-state index in [9.17, 15) is 4.79 Å². The van der Waals surface area contributed by atoms with Crippen LogP contribution in [0.15, 0.2) is 24.3 Å². The Hall–Kier alpha value is -1.35. The molecule has 1 saturated carbocycles. The number of amides is 1. The molecule has 0 atom stereocenters. The van der Waals surface area contributed by atoms with Crippen LogP contribution < -0.4 is 11.1 Å². The first-order chi connectivity index (χ1) is 7.65. The maximum Gasteiger partial charge on any atom is 0.240 e. The van der Waals surface area contributed by atoms with E-state index >= 15 is 0 Å². The number of aryl methyl sites for hydroxylation is 1. The molecule has 1 aromatic rings. The Morgan fingerprint density at radius 3 is 2.56 bits per heavy atom. The van der Waals surface area contributed by atoms with E-state index in [-0.39, 0.29) is 5.91 Å². The Kier molecular flexibility index (Phi) is 2.97. The minimum atomic E-state index is -0.568. The van der Waals surface area contributed by atoms with Gasteiger partial charge >= 0.3 is 0 Å². The van der Waals surface area contributed by atoms with Gasteiger partial charge in [0.05, 0.1) is 5.54 Å². The van der Waals surface area contributed by atoms with E-state index in [4.69, 9.17) is 5.73 Å². The summed E-state index contributed by atoms with van der Waals surface area (Å²) in [7, 11) is 0. The summed E-state index contributed by atoms with van der Waals surface area (Å²) in [5.41, 5.74) is 7.71. The lowest BCUT2D eigenvalue weighted by atomic mass is 10.1. The smallest absolute Gasteiger partial charge is 0.240 e. The molecule has 0 heterocycles. The number of hydrogen-bond acceptors (Lipinski definition) is 2. The molecule has 0 radical (unpaired) electrons. The maximum atomic E-state index is 11.7. The minimum absolute atomic E-state index is 0.0154. The number of nitrogens with one attached hydrogen (secondary N) is 1. The predicted molar refractivity (Wildman–Crippen MR) is 63.8 cm³/mol. The molecular formula is C13H18N2O. The number of benzene rings is 1. The van der Waals surface area contributed by atoms with Crippen molar-refractivity contribution in [1.29, 1.82) is 0 Å². The number of rotatable bonds is 4. The molecular weight excluding hydrogens is 200 g/mol. The highest BCUT2D eigenvalue weighted by atomic mass is 16.2. The molecule has 0 unspecified atom stereocenters. The van der Waals surface area contributed by atoms with Gasteiger partial charge in [0.25, 0.3) is 0 Å². The number of hydrogen-bond donors (Lipinski definition) is 2. The number of nitrogens with two attached hydrogens (primary N) is 1. The molecule has 2 rings (SSSR count). The van der Waals surface area contributed by atoms with Crippen molar-refractivity contribution in [3.05, 3.63) is 35.4 Å². The molecule has 0 aliphatic heterocycles. The van der Waals surface area contributed by atoms with Crippen LogP contribution in [0.4, 0.5) is 0 Å². The zero-order valence-corrected chi connectivity index (χ0v) is 9.62. The Labute approximate surface area is 96.0 Å². The highest BCUT2D eigenvalue weighted by Crippen LogP contribution is 2.32. The van der Waals surface area contributed by atoms with E-state index in [0.29, 0.717) is 6.54 Å². The SMILES string of the molecule is CCc1ccccc1CNC(=O)C1(N)CC1. The Bertz CT molecular complexity index is 397. The van der Waals surface area contributed by atoms with E-state index < -0.39 is 5.54 Å². The molecule has 16 heavy (non-hydrogen) atoms. The molecule has 86 valence electrons. The first kappa shape index (κ1) is 11.1. The van der Waals surface area contributed by atoms with E-state index in [1.54, 1.807) is 0 Å². The fraction of sp³-hybridized carbons (Fsp3) is 0.462. The van der Waals surface area contributed by atoms with E-state index in [1.165, 1.54) is 11.1 Å². The van der Waals surface area contributed by atoms with Crippen LogP contribution in [-0.4, -0.2) is 11.4 Å². The lowest BCUT2D eigenvalue weighted by Crippen LogP contribution is -2.42. The van der Waals surface area contributed by atoms with Crippen molar-refractivity contribution in [1.82, 2.24) is 5.32 Å². The third kappa shape index (κ3) is 2.25. The average Bonchev–Trinajstić information content (AvgIpc) is 3.06. The Balaban J connectivity index is 1.96. The normalized spacial score (nSPS) is 16.9. The molecule has 1 amide bonds. The molecule has 3 N–H and O–H groups in total. The predicted octanol–water partition coefficient (Wildman–Crippen LogP) is 1.36. The first-order valence-electron chi connectivity index (χ1n) is 5.80. The highest BCUT2D eigenvalue weighted by molar-refractivity contribution is 5.88. The fourth-order valence-electron chi connectivity index (χ4n) is 1.79. The minimum Gasteiger partial charge on any atom is -0.350 e. The summed E-state index contributed by atoms with van der Waals surface area (Å²) < 4.78 is 0. The quantitative estimate of drug-likeness (QED) is 0.801. The van der Waals surface area contributed by atoms with Gasteiger partial charge in [0.15, 0.2) is 0 Å². The highest BCUT2D eigenvalue weighted by Gasteiger charge is 2.45. The summed E-state index contributed by atoms with van der Waals surface area (Å²) in [5, 5.41) is 2.91. The number of carbonyl (C=O) groups is 1. The third-order valence-corrected chi connectivity index (χ3v) is 3.18. The van der Waals surface area contributed by atoms with Crippen LogP contribution in [0, 0.1) is 0 Å². The largest absolute Gasteiger partial charge is 0.350 e. The molecule has 3 nitrogen and oxygen atoms in total. The van der Waals surface area contributed by atoms with Crippen LogP contribution in [0.5, 0.6) is 0 Å². The Morgan fingerprint density at radius 1 is 1.38 bits per heavy atom. The van der Waals surface area contributed by atoms with Crippen molar-refractivity contribution >= 4 is 5.91 Å². The zero-order valence-electron chi connectivity index (χ0n) is 9.62. The van der Waals surface area contributed by atoms with Gasteiger partial charge in [-0.05, 0) is 30.4 Å². The summed E-state index contributed by atoms with van der Waals surface area (Å²) >= 11 is 0. The van der Waals surface area contributed by atoms with Crippen LogP contribution in [0.2, 0.25) is 0 Å². The van der Waals surface area contributed by atoms with Gasteiger partial charge in [0.1, 0.15) is 0 Å². The van der Waals surface area contributed by atoms with Crippen molar-refractivity contribution in [3.63, 3.8) is 0 Å². The van der Waals surface area contributed by atoms with Crippen LogP contribution in [0.3, 0.4) is 0 Å². The van der Waals surface area contributed by atoms with Crippen molar-refractivity contribution in [2.24, 2.45) is 5.73 Å². The fourth-order valence-corrected chi connectivity index (χ4v) is 1.79. The van der Waals surface area contributed by atoms with E-state index in [2.05, 4.69) is 24.4 Å². The van der Waals surface area contributed by atoms with Gasteiger partial charge in [0, 0.05) is 6.54 Å². The van der Waals surface area contributed by atoms with Crippen molar-refractivity contribution in [2.45, 2.75) is 38.3 Å². The van der Waals surface area contributed by atoms with Gasteiger partial charge < -0.3 is 11.1 Å². The molecule has 3 heteroatoms. The summed E-state index contributed by atoms with van der Waals surface area (Å²) in [5.74, 6) is -0.0154. The van der Waals surface area contributed by atoms with Crippen molar-refractivity contribution < 1.29 is 4.79 Å². The van der Waals surface area contributed by atoms with E-state index in [1.807, 2.05) is 12.1 Å². The van der Waals surface area contributed by atoms with Gasteiger partial charge in [-0.15, -0.1) is 0 Å². The molecule has 1 aliphatic rings. The van der Waals surface area contributed by atoms with Crippen LogP contribution in [-0.2, 0) is 17.8 Å². The molecule has 0 saturated heterocycles. The third-order valence-electron chi connectivity index (χ3n) is 3.18. The molecule has 0 bridgehead atoms. The van der Waals surface area contributed by atoms with Gasteiger partial charge in [-0.3, -0.25) is 4.79 Å². The second-order valence-corrected chi connectivity index (χ2v) is 4.46. The van der Waals surface area contributed by atoms with Crippen LogP contribution in [0.1, 0.15) is 30.9 Å². The number of carbonyl (C=O) groups excluding carboxylic acids is 1. The monoisotopic (exact) mass is 218 g/mol. The van der Waals surface area contributed by atoms with Crippen molar-refractivity contribution in [2.75, 3.05) is 0 Å². The summed E-state index contributed by atoms with van der Waals surface area (Å²) in [6.45, 7) is 2.70. The van der Waals surface area contributed by atoms with Crippen molar-refractivity contribution in [3.8, 4) is 0 Å². The molecule has 1 aliphatic carbocycles. The second kappa shape index (κ2) is 4.26. The van der Waals surface area contributed by atoms with Gasteiger partial charge in [0.2, 0.25) is 5.91 Å². The zero-order chi connectivity index (χ0) is 11.6. The molecule has 0 spiro atoms. The van der Waals surface area contributed by atoms with Gasteiger partial charge in [-0.2, -0.15) is 0 Å². The average molecular weight is 218 g/mol. The summed E-state index contributed by atoms with van der Waals surface area (Å²) in [4.78, 5) is 11.7. The Morgan fingerprint density at radius 2 is 2.00 bits per heavy atom. The maximum absolute atomic E-state index is 11.7. The van der Waals surface area contributed by atoms with Gasteiger partial charge in [-0.25, -0.2) is 0 Å². The molecule has 1 aromatic carbocycles. The summed E-state index contributed by atoms with van der Waals surface area (Å²) in [6, 6.07) is 8.16.